The van der Waals surface area contributed by atoms with Crippen LogP contribution in [0.4, 0.5) is 27.8 Å². The van der Waals surface area contributed by atoms with E-state index in [1.54, 1.807) is 11.5 Å². The van der Waals surface area contributed by atoms with Crippen LogP contribution in [-0.4, -0.2) is 55.6 Å². The van der Waals surface area contributed by atoms with Crippen molar-refractivity contribution in [2.24, 2.45) is 0 Å². The molecule has 2 aromatic rings. The van der Waals surface area contributed by atoms with Crippen molar-refractivity contribution < 1.29 is 40.7 Å². The number of ether oxygens (including phenoxy) is 1. The number of aromatic nitrogens is 4. The molecular formula is C29H45F5N5O4P. The van der Waals surface area contributed by atoms with E-state index < -0.39 is 38.6 Å². The monoisotopic (exact) mass is 653 g/mol. The SMILES string of the molecule is C[C@H](Cn1cnc2c(N)ncnc21)OCP(=O)(O)OCCCC(F)(F)CCCCCCCCCCCCCC#CC(F)(F)F. The first-order valence-corrected chi connectivity index (χ1v) is 17.0. The van der Waals surface area contributed by atoms with Crippen LogP contribution in [0.5, 0.6) is 0 Å². The third-order valence-corrected chi connectivity index (χ3v) is 8.02. The number of hydrogen-bond acceptors (Lipinski definition) is 7. The number of imidazole rings is 1. The Morgan fingerprint density at radius 1 is 0.932 bits per heavy atom. The van der Waals surface area contributed by atoms with Gasteiger partial charge in [0.1, 0.15) is 18.2 Å². The number of halogens is 5. The molecule has 0 fully saturated rings. The minimum Gasteiger partial charge on any atom is -0.382 e. The van der Waals surface area contributed by atoms with Gasteiger partial charge >= 0.3 is 13.8 Å². The quantitative estimate of drug-likeness (QED) is 0.0535. The van der Waals surface area contributed by atoms with Gasteiger partial charge in [0.05, 0.1) is 25.6 Å². The van der Waals surface area contributed by atoms with Crippen molar-refractivity contribution in [2.45, 2.75) is 128 Å². The van der Waals surface area contributed by atoms with Gasteiger partial charge in [0.2, 0.25) is 5.92 Å². The van der Waals surface area contributed by atoms with Crippen molar-refractivity contribution in [3.63, 3.8) is 0 Å². The van der Waals surface area contributed by atoms with Crippen molar-refractivity contribution in [3.8, 4) is 11.8 Å². The predicted molar refractivity (Wildman–Crippen MR) is 159 cm³/mol. The van der Waals surface area contributed by atoms with Gasteiger partial charge in [0.15, 0.2) is 11.5 Å². The van der Waals surface area contributed by atoms with E-state index in [0.717, 1.165) is 57.8 Å². The van der Waals surface area contributed by atoms with Gasteiger partial charge < -0.3 is 24.5 Å². The van der Waals surface area contributed by atoms with Crippen LogP contribution >= 0.6 is 7.60 Å². The number of nitrogens with two attached hydrogens (primary N) is 1. The summed E-state index contributed by atoms with van der Waals surface area (Å²) in [5.41, 5.74) is 6.73. The fourth-order valence-corrected chi connectivity index (χ4v) is 5.57. The highest BCUT2D eigenvalue weighted by atomic mass is 31.2. The lowest BCUT2D eigenvalue weighted by Crippen LogP contribution is -2.18. The molecule has 0 saturated carbocycles. The second-order valence-electron chi connectivity index (χ2n) is 11.1. The van der Waals surface area contributed by atoms with Crippen LogP contribution in [0.1, 0.15) is 103 Å². The van der Waals surface area contributed by atoms with Crippen LogP contribution in [0.15, 0.2) is 12.7 Å². The molecule has 2 rings (SSSR count). The van der Waals surface area contributed by atoms with Crippen molar-refractivity contribution in [3.05, 3.63) is 12.7 Å². The zero-order valence-corrected chi connectivity index (χ0v) is 26.2. The predicted octanol–water partition coefficient (Wildman–Crippen LogP) is 8.03. The largest absolute Gasteiger partial charge is 0.457 e. The molecule has 0 aliphatic rings. The number of nitrogen functional groups attached to an aromatic ring is 1. The molecule has 2 heterocycles. The first-order chi connectivity index (χ1) is 20.8. The number of anilines is 1. The van der Waals surface area contributed by atoms with Crippen LogP contribution in [0.25, 0.3) is 11.2 Å². The summed E-state index contributed by atoms with van der Waals surface area (Å²) in [5.74, 6) is 0.812. The van der Waals surface area contributed by atoms with E-state index in [1.807, 2.05) is 0 Å². The molecule has 0 aromatic carbocycles. The first-order valence-electron chi connectivity index (χ1n) is 15.2. The molecule has 3 N–H and O–H groups in total. The standard InChI is InChI=1S/C29H45F5N5O4P/c1-24(20-39-22-38-25-26(35)36-21-37-27(25)39)42-23-44(40,41)43-19-15-17-28(30,31)16-13-11-9-7-5-3-2-4-6-8-10-12-14-18-29(32,33)34/h21-22,24H,2-13,15-17,19-20,23H2,1H3,(H,40,41)(H2,35,36,37)/t24-/m1/s1. The van der Waals surface area contributed by atoms with Gasteiger partial charge in [-0.1, -0.05) is 63.7 Å². The van der Waals surface area contributed by atoms with Gasteiger partial charge in [-0.15, -0.1) is 0 Å². The topological polar surface area (TPSA) is 125 Å². The maximum atomic E-state index is 14.2. The van der Waals surface area contributed by atoms with Crippen LogP contribution in [0.3, 0.4) is 0 Å². The zero-order chi connectivity index (χ0) is 32.5. The highest BCUT2D eigenvalue weighted by Crippen LogP contribution is 2.42. The third-order valence-electron chi connectivity index (χ3n) is 6.96. The molecule has 2 atom stereocenters. The van der Waals surface area contributed by atoms with Crippen LogP contribution in [0, 0.1) is 11.8 Å². The van der Waals surface area contributed by atoms with Gasteiger partial charge in [-0.2, -0.15) is 13.2 Å². The van der Waals surface area contributed by atoms with E-state index in [-0.39, 0.29) is 38.2 Å². The van der Waals surface area contributed by atoms with Crippen molar-refractivity contribution >= 4 is 24.6 Å². The molecule has 9 nitrogen and oxygen atoms in total. The molecular weight excluding hydrogens is 608 g/mol. The first kappa shape index (κ1) is 37.9. The number of hydrogen-bond donors (Lipinski definition) is 2. The Bertz CT molecular complexity index is 1220. The van der Waals surface area contributed by atoms with Gasteiger partial charge in [-0.25, -0.2) is 23.7 Å². The summed E-state index contributed by atoms with van der Waals surface area (Å²) in [4.78, 5) is 22.2. The molecule has 0 spiro atoms. The van der Waals surface area contributed by atoms with Crippen molar-refractivity contribution in [1.82, 2.24) is 19.5 Å². The Labute approximate surface area is 256 Å². The minimum absolute atomic E-state index is 0.0454. The summed E-state index contributed by atoms with van der Waals surface area (Å²) in [6.45, 7) is 1.72. The summed E-state index contributed by atoms with van der Waals surface area (Å²) in [6.07, 6.45) is 6.71. The van der Waals surface area contributed by atoms with Crippen LogP contribution in [0.2, 0.25) is 0 Å². The van der Waals surface area contributed by atoms with Crippen LogP contribution < -0.4 is 5.73 Å². The Kier molecular flexibility index (Phi) is 16.6. The Balaban J connectivity index is 1.45. The van der Waals surface area contributed by atoms with E-state index in [1.165, 1.54) is 18.6 Å². The van der Waals surface area contributed by atoms with E-state index in [9.17, 15) is 31.4 Å². The van der Waals surface area contributed by atoms with Gasteiger partial charge in [-0.3, -0.25) is 4.57 Å². The van der Waals surface area contributed by atoms with E-state index in [0.29, 0.717) is 24.0 Å². The molecule has 15 heteroatoms. The molecule has 0 amide bonds. The van der Waals surface area contributed by atoms with E-state index >= 15 is 0 Å². The molecule has 2 aromatic heterocycles. The summed E-state index contributed by atoms with van der Waals surface area (Å²) in [7, 11) is -4.11. The average molecular weight is 654 g/mol. The Morgan fingerprint density at radius 2 is 1.52 bits per heavy atom. The summed E-state index contributed by atoms with van der Waals surface area (Å²) >= 11 is 0. The second-order valence-corrected chi connectivity index (χ2v) is 12.8. The smallest absolute Gasteiger partial charge is 0.382 e. The molecule has 44 heavy (non-hydrogen) atoms. The summed E-state index contributed by atoms with van der Waals surface area (Å²) in [5, 5.41) is 0. The number of alkyl halides is 5. The Morgan fingerprint density at radius 3 is 2.16 bits per heavy atom. The number of fused-ring (bicyclic) bond motifs is 1. The van der Waals surface area contributed by atoms with Crippen LogP contribution in [-0.2, 0) is 20.4 Å². The molecule has 250 valence electrons. The van der Waals surface area contributed by atoms with Crippen molar-refractivity contribution in [2.75, 3.05) is 18.7 Å². The molecule has 0 aliphatic heterocycles. The lowest BCUT2D eigenvalue weighted by atomic mass is 10.0. The van der Waals surface area contributed by atoms with E-state index in [4.69, 9.17) is 15.0 Å². The molecule has 0 saturated heterocycles. The summed E-state index contributed by atoms with van der Waals surface area (Å²) < 4.78 is 88.6. The van der Waals surface area contributed by atoms with Gasteiger partial charge in [0.25, 0.3) is 0 Å². The molecule has 0 radical (unpaired) electrons. The molecule has 0 bridgehead atoms. The van der Waals surface area contributed by atoms with E-state index in [2.05, 4.69) is 20.9 Å². The Hall–Kier alpha value is -2.33. The summed E-state index contributed by atoms with van der Waals surface area (Å²) in [6, 6.07) is 0. The van der Waals surface area contributed by atoms with Gasteiger partial charge in [-0.05, 0) is 26.2 Å². The number of nitrogens with zero attached hydrogens (tertiary/aromatic N) is 4. The third kappa shape index (κ3) is 16.7. The average Bonchev–Trinajstić information content (AvgIpc) is 3.35. The molecule has 1 unspecified atom stereocenters. The lowest BCUT2D eigenvalue weighted by Gasteiger charge is -2.19. The maximum absolute atomic E-state index is 14.2. The normalized spacial score (nSPS) is 14.3. The number of unbranched alkanes of at least 4 members (excludes halogenated alkanes) is 11. The highest BCUT2D eigenvalue weighted by Gasteiger charge is 2.28. The maximum Gasteiger partial charge on any atom is 0.457 e. The molecule has 0 aliphatic carbocycles. The highest BCUT2D eigenvalue weighted by molar-refractivity contribution is 7.52. The minimum atomic E-state index is -4.41. The fraction of sp³-hybridized carbons (Fsp3) is 0.759. The zero-order valence-electron chi connectivity index (χ0n) is 25.3. The van der Waals surface area contributed by atoms with Crippen molar-refractivity contribution in [1.29, 1.82) is 0 Å². The lowest BCUT2D eigenvalue weighted by molar-refractivity contribution is -0.0697. The van der Waals surface area contributed by atoms with Gasteiger partial charge in [0, 0.05) is 25.2 Å². The second kappa shape index (κ2) is 19.2. The fourth-order valence-electron chi connectivity index (χ4n) is 4.63. The number of rotatable bonds is 23.